The van der Waals surface area contributed by atoms with Crippen LogP contribution in [0.1, 0.15) is 102 Å². The maximum Gasteiger partial charge on any atom is 0.244 e. The molecular formula is C35H48N3O+. The molecule has 0 aliphatic carbocycles. The average molecular weight is 527 g/mol. The van der Waals surface area contributed by atoms with Crippen LogP contribution in [0.15, 0.2) is 83.9 Å². The molecule has 0 saturated heterocycles. The van der Waals surface area contributed by atoms with Gasteiger partial charge in [-0.1, -0.05) is 126 Å². The van der Waals surface area contributed by atoms with Gasteiger partial charge in [0.2, 0.25) is 12.2 Å². The van der Waals surface area contributed by atoms with Gasteiger partial charge in [0.15, 0.2) is 5.76 Å². The molecular weight excluding hydrogens is 478 g/mol. The number of benzene rings is 2. The molecule has 0 unspecified atom stereocenters. The van der Waals surface area contributed by atoms with Gasteiger partial charge in [0.25, 0.3) is 0 Å². The molecule has 0 bridgehead atoms. The quantitative estimate of drug-likeness (QED) is 0.0900. The Morgan fingerprint density at radius 1 is 0.692 bits per heavy atom. The molecule has 0 amide bonds. The number of oxazole rings is 1. The number of imidazole rings is 1. The van der Waals surface area contributed by atoms with E-state index in [1.54, 1.807) is 6.20 Å². The Morgan fingerprint density at radius 2 is 1.31 bits per heavy atom. The minimum absolute atomic E-state index is 0.660. The van der Waals surface area contributed by atoms with Crippen molar-refractivity contribution < 1.29 is 8.98 Å². The number of hydrogen-bond donors (Lipinski definition) is 0. The summed E-state index contributed by atoms with van der Waals surface area (Å²) in [5.74, 6) is 1.46. The van der Waals surface area contributed by atoms with E-state index in [1.165, 1.54) is 95.5 Å². The molecule has 4 heteroatoms. The van der Waals surface area contributed by atoms with Gasteiger partial charge >= 0.3 is 0 Å². The van der Waals surface area contributed by atoms with Crippen molar-refractivity contribution in [2.75, 3.05) is 0 Å². The van der Waals surface area contributed by atoms with Gasteiger partial charge in [0.05, 0.1) is 12.7 Å². The highest BCUT2D eigenvalue weighted by Crippen LogP contribution is 2.26. The minimum Gasteiger partial charge on any atom is -0.436 e. The molecule has 0 aliphatic heterocycles. The third-order valence-corrected chi connectivity index (χ3v) is 7.65. The van der Waals surface area contributed by atoms with E-state index in [9.17, 15) is 0 Å². The molecule has 0 radical (unpaired) electrons. The Balaban J connectivity index is 1.08. The Kier molecular flexibility index (Phi) is 12.4. The summed E-state index contributed by atoms with van der Waals surface area (Å²) in [5.41, 5.74) is 3.32. The lowest BCUT2D eigenvalue weighted by atomic mass is 10.0. The summed E-state index contributed by atoms with van der Waals surface area (Å²) >= 11 is 0. The summed E-state index contributed by atoms with van der Waals surface area (Å²) in [6, 6.07) is 18.6. The SMILES string of the molecule is CCCCCCCCCCCCCCCC[n+]1ccn(Cc2ccc(-c3ncc(-c4ccccc4)o3)cc2)c1. The number of hydrogen-bond acceptors (Lipinski definition) is 2. The zero-order valence-electron chi connectivity index (χ0n) is 24.1. The normalized spacial score (nSPS) is 11.3. The summed E-state index contributed by atoms with van der Waals surface area (Å²) < 4.78 is 10.6. The standard InChI is InChI=1S/C35H48N3O/c1-2-3-4-5-6-7-8-9-10-11-12-13-14-18-25-37-26-27-38(30-37)29-31-21-23-33(24-22-31)35-36-28-34(39-35)32-19-16-15-17-20-32/h15-17,19-24,26-28,30H,2-14,18,25,29H2,1H3/q+1. The summed E-state index contributed by atoms with van der Waals surface area (Å²) in [4.78, 5) is 4.48. The molecule has 4 nitrogen and oxygen atoms in total. The lowest BCUT2D eigenvalue weighted by molar-refractivity contribution is -0.696. The van der Waals surface area contributed by atoms with Crippen molar-refractivity contribution in [1.82, 2.24) is 9.55 Å². The van der Waals surface area contributed by atoms with Crippen molar-refractivity contribution in [3.05, 3.63) is 85.1 Å². The zero-order valence-corrected chi connectivity index (χ0v) is 24.1. The molecule has 4 rings (SSSR count). The number of nitrogens with zero attached hydrogens (tertiary/aromatic N) is 3. The maximum absolute atomic E-state index is 6.00. The number of rotatable bonds is 19. The van der Waals surface area contributed by atoms with Crippen LogP contribution < -0.4 is 4.57 Å². The van der Waals surface area contributed by atoms with Crippen LogP contribution >= 0.6 is 0 Å². The molecule has 0 N–H and O–H groups in total. The Morgan fingerprint density at radius 3 is 1.95 bits per heavy atom. The molecule has 2 aromatic carbocycles. The first-order valence-electron chi connectivity index (χ1n) is 15.5. The molecule has 0 fully saturated rings. The second kappa shape index (κ2) is 16.7. The van der Waals surface area contributed by atoms with E-state index in [4.69, 9.17) is 4.42 Å². The minimum atomic E-state index is 0.660. The highest BCUT2D eigenvalue weighted by Gasteiger charge is 2.10. The van der Waals surface area contributed by atoms with E-state index in [1.807, 2.05) is 30.3 Å². The van der Waals surface area contributed by atoms with E-state index in [2.05, 4.69) is 64.0 Å². The molecule has 2 heterocycles. The fourth-order valence-corrected chi connectivity index (χ4v) is 5.26. The third kappa shape index (κ3) is 10.2. The van der Waals surface area contributed by atoms with Gasteiger partial charge in [0, 0.05) is 11.1 Å². The van der Waals surface area contributed by atoms with Crippen molar-refractivity contribution in [1.29, 1.82) is 0 Å². The van der Waals surface area contributed by atoms with Crippen LogP contribution in [-0.2, 0) is 13.1 Å². The maximum atomic E-state index is 6.00. The second-order valence-electron chi connectivity index (χ2n) is 11.0. The van der Waals surface area contributed by atoms with Gasteiger partial charge in [0.1, 0.15) is 18.9 Å². The predicted molar refractivity (Wildman–Crippen MR) is 161 cm³/mol. The summed E-state index contributed by atoms with van der Waals surface area (Å²) in [7, 11) is 0. The van der Waals surface area contributed by atoms with Gasteiger partial charge in [-0.05, 0) is 30.5 Å². The van der Waals surface area contributed by atoms with Crippen molar-refractivity contribution in [2.24, 2.45) is 0 Å². The molecule has 4 aromatic rings. The van der Waals surface area contributed by atoms with Crippen LogP contribution in [0.25, 0.3) is 22.8 Å². The summed E-state index contributed by atoms with van der Waals surface area (Å²) in [6.07, 6.45) is 28.1. The fraction of sp³-hybridized carbons (Fsp3) is 0.486. The molecule has 0 saturated carbocycles. The van der Waals surface area contributed by atoms with Crippen molar-refractivity contribution in [3.8, 4) is 22.8 Å². The van der Waals surface area contributed by atoms with Crippen LogP contribution in [0.5, 0.6) is 0 Å². The van der Waals surface area contributed by atoms with Crippen LogP contribution in [0.2, 0.25) is 0 Å². The smallest absolute Gasteiger partial charge is 0.244 e. The highest BCUT2D eigenvalue weighted by atomic mass is 16.4. The van der Waals surface area contributed by atoms with E-state index >= 15 is 0 Å². The Bertz CT molecular complexity index is 1180. The molecule has 0 spiro atoms. The lowest BCUT2D eigenvalue weighted by Gasteiger charge is -2.03. The zero-order chi connectivity index (χ0) is 27.0. The van der Waals surface area contributed by atoms with Gasteiger partial charge in [-0.25, -0.2) is 14.1 Å². The second-order valence-corrected chi connectivity index (χ2v) is 11.0. The van der Waals surface area contributed by atoms with Crippen molar-refractivity contribution in [2.45, 2.75) is 110 Å². The largest absolute Gasteiger partial charge is 0.436 e. The number of unbranched alkanes of at least 4 members (excludes halogenated alkanes) is 13. The summed E-state index contributed by atoms with van der Waals surface area (Å²) in [5, 5.41) is 0. The van der Waals surface area contributed by atoms with E-state index in [0.29, 0.717) is 5.89 Å². The van der Waals surface area contributed by atoms with Gasteiger partial charge in [-0.15, -0.1) is 0 Å². The average Bonchev–Trinajstić information content (AvgIpc) is 3.64. The molecule has 2 aromatic heterocycles. The third-order valence-electron chi connectivity index (χ3n) is 7.65. The highest BCUT2D eigenvalue weighted by molar-refractivity contribution is 5.61. The van der Waals surface area contributed by atoms with Gasteiger partial charge in [-0.2, -0.15) is 0 Å². The van der Waals surface area contributed by atoms with Crippen LogP contribution in [0.3, 0.4) is 0 Å². The first-order chi connectivity index (χ1) is 19.3. The lowest BCUT2D eigenvalue weighted by Crippen LogP contribution is -2.30. The van der Waals surface area contributed by atoms with Crippen LogP contribution in [0, 0.1) is 0 Å². The fourth-order valence-electron chi connectivity index (χ4n) is 5.26. The summed E-state index contributed by atoms with van der Waals surface area (Å²) in [6.45, 7) is 4.27. The van der Waals surface area contributed by atoms with Gasteiger partial charge < -0.3 is 4.42 Å². The van der Waals surface area contributed by atoms with Crippen molar-refractivity contribution >= 4 is 0 Å². The number of aryl methyl sites for hydroxylation is 1. The van der Waals surface area contributed by atoms with Gasteiger partial charge in [-0.3, -0.25) is 0 Å². The van der Waals surface area contributed by atoms with Crippen LogP contribution in [-0.4, -0.2) is 9.55 Å². The molecule has 0 aliphatic rings. The Labute approximate surface area is 236 Å². The molecule has 208 valence electrons. The molecule has 0 atom stereocenters. The van der Waals surface area contributed by atoms with Crippen LogP contribution in [0.4, 0.5) is 0 Å². The molecule has 39 heavy (non-hydrogen) atoms. The number of aromatic nitrogens is 3. The first kappa shape index (κ1) is 28.9. The van der Waals surface area contributed by atoms with E-state index in [0.717, 1.165) is 30.0 Å². The monoisotopic (exact) mass is 526 g/mol. The van der Waals surface area contributed by atoms with E-state index in [-0.39, 0.29) is 0 Å². The Hall–Kier alpha value is -3.14. The van der Waals surface area contributed by atoms with Crippen molar-refractivity contribution in [3.63, 3.8) is 0 Å². The first-order valence-corrected chi connectivity index (χ1v) is 15.5. The van der Waals surface area contributed by atoms with E-state index < -0.39 is 0 Å². The topological polar surface area (TPSA) is 34.8 Å². The predicted octanol–water partition coefficient (Wildman–Crippen LogP) is 9.63.